The first-order valence-corrected chi connectivity index (χ1v) is 11.3. The van der Waals surface area contributed by atoms with Crippen LogP contribution in [0.2, 0.25) is 0 Å². The monoisotopic (exact) mass is 432 g/mol. The number of carbonyl (C=O) groups excluding carboxylic acids is 1. The molecule has 1 atom stereocenters. The van der Waals surface area contributed by atoms with E-state index in [1.165, 1.54) is 16.7 Å². The second-order valence-electron chi connectivity index (χ2n) is 7.83. The Bertz CT molecular complexity index is 1250. The first-order valence-electron chi connectivity index (χ1n) is 10.4. The number of nitrogens with zero attached hydrogens (tertiary/aromatic N) is 2. The molecule has 3 heterocycles. The maximum absolute atomic E-state index is 12.0. The molecule has 3 N–H and O–H groups in total. The number of nitrogens with one attached hydrogen (secondary N) is 1. The summed E-state index contributed by atoms with van der Waals surface area (Å²) in [5.41, 5.74) is 9.75. The van der Waals surface area contributed by atoms with Crippen molar-refractivity contribution in [3.63, 3.8) is 0 Å². The van der Waals surface area contributed by atoms with Crippen molar-refractivity contribution in [2.75, 3.05) is 11.9 Å². The minimum Gasteiger partial charge on any atom is -0.376 e. The third kappa shape index (κ3) is 3.82. The number of amides is 1. The largest absolute Gasteiger partial charge is 0.376 e. The molecule has 2 aromatic carbocycles. The van der Waals surface area contributed by atoms with Crippen LogP contribution in [0.25, 0.3) is 22.2 Å². The van der Waals surface area contributed by atoms with Gasteiger partial charge in [0, 0.05) is 35.3 Å². The second-order valence-corrected chi connectivity index (χ2v) is 8.69. The Kier molecular flexibility index (Phi) is 5.21. The molecule has 2 aromatic heterocycles. The molecular formula is C24H24N4O2S. The number of hydrogen-bond acceptors (Lipinski definition) is 5. The quantitative estimate of drug-likeness (QED) is 0.444. The van der Waals surface area contributed by atoms with Gasteiger partial charge in [0.05, 0.1) is 23.1 Å². The van der Waals surface area contributed by atoms with Gasteiger partial charge in [0.25, 0.3) is 5.91 Å². The van der Waals surface area contributed by atoms with E-state index in [1.807, 2.05) is 36.6 Å². The first-order chi connectivity index (χ1) is 15.1. The average molecular weight is 433 g/mol. The Balaban J connectivity index is 1.48. The minimum atomic E-state index is -0.422. The molecule has 0 saturated carbocycles. The van der Waals surface area contributed by atoms with Crippen molar-refractivity contribution >= 4 is 38.8 Å². The van der Waals surface area contributed by atoms with E-state index in [4.69, 9.17) is 15.5 Å². The molecule has 0 radical (unpaired) electrons. The van der Waals surface area contributed by atoms with Crippen molar-refractivity contribution in [2.45, 2.75) is 32.4 Å². The zero-order valence-electron chi connectivity index (χ0n) is 17.3. The van der Waals surface area contributed by atoms with Crippen molar-refractivity contribution < 1.29 is 9.53 Å². The molecule has 6 nitrogen and oxygen atoms in total. The Morgan fingerprint density at radius 2 is 2.13 bits per heavy atom. The molecule has 31 heavy (non-hydrogen) atoms. The van der Waals surface area contributed by atoms with Crippen LogP contribution in [0.1, 0.15) is 28.9 Å². The van der Waals surface area contributed by atoms with Crippen LogP contribution in [0.15, 0.2) is 53.9 Å². The molecule has 0 bridgehead atoms. The molecule has 0 spiro atoms. The maximum Gasteiger partial charge on any atom is 0.250 e. The molecule has 0 aliphatic carbocycles. The van der Waals surface area contributed by atoms with Crippen molar-refractivity contribution in [3.8, 4) is 11.4 Å². The van der Waals surface area contributed by atoms with Crippen molar-refractivity contribution in [3.05, 3.63) is 65.2 Å². The first kappa shape index (κ1) is 19.8. The number of aromatic nitrogens is 2. The van der Waals surface area contributed by atoms with Gasteiger partial charge in [0.15, 0.2) is 5.13 Å². The number of hydrogen-bond donors (Lipinski definition) is 2. The van der Waals surface area contributed by atoms with Gasteiger partial charge in [-0.15, -0.1) is 11.3 Å². The highest BCUT2D eigenvalue weighted by Gasteiger charge is 2.23. The van der Waals surface area contributed by atoms with E-state index in [0.717, 1.165) is 52.7 Å². The number of rotatable bonds is 6. The van der Waals surface area contributed by atoms with Gasteiger partial charge in [-0.1, -0.05) is 36.4 Å². The Labute approximate surface area is 184 Å². The Morgan fingerprint density at radius 3 is 2.94 bits per heavy atom. The summed E-state index contributed by atoms with van der Waals surface area (Å²) in [5, 5.41) is 8.59. The molecule has 1 saturated heterocycles. The molecule has 4 aromatic rings. The molecule has 7 heteroatoms. The van der Waals surface area contributed by atoms with E-state index in [2.05, 4.69) is 34.1 Å². The lowest BCUT2D eigenvalue weighted by Gasteiger charge is -2.15. The second kappa shape index (κ2) is 8.17. The normalized spacial score (nSPS) is 16.1. The van der Waals surface area contributed by atoms with E-state index in [1.54, 1.807) is 0 Å². The van der Waals surface area contributed by atoms with Crippen LogP contribution in [0.5, 0.6) is 0 Å². The van der Waals surface area contributed by atoms with E-state index in [-0.39, 0.29) is 6.10 Å². The minimum absolute atomic E-state index is 0.150. The number of nitrogens with two attached hydrogens (primary N) is 1. The number of fused-ring (bicyclic) bond motifs is 1. The third-order valence-electron chi connectivity index (χ3n) is 5.84. The van der Waals surface area contributed by atoms with Gasteiger partial charge in [-0.25, -0.2) is 4.98 Å². The number of ether oxygens (including phenoxy) is 1. The lowest BCUT2D eigenvalue weighted by atomic mass is 10.1. The Morgan fingerprint density at radius 1 is 1.29 bits per heavy atom. The van der Waals surface area contributed by atoms with Gasteiger partial charge < -0.3 is 20.4 Å². The van der Waals surface area contributed by atoms with Crippen LogP contribution >= 0.6 is 11.3 Å². The van der Waals surface area contributed by atoms with Crippen LogP contribution in [0, 0.1) is 6.92 Å². The van der Waals surface area contributed by atoms with Crippen LogP contribution in [0.3, 0.4) is 0 Å². The number of anilines is 2. The fourth-order valence-corrected chi connectivity index (χ4v) is 4.95. The molecule has 1 unspecified atom stereocenters. The van der Waals surface area contributed by atoms with Crippen molar-refractivity contribution in [1.29, 1.82) is 0 Å². The van der Waals surface area contributed by atoms with Gasteiger partial charge >= 0.3 is 0 Å². The summed E-state index contributed by atoms with van der Waals surface area (Å²) in [7, 11) is 0. The lowest BCUT2D eigenvalue weighted by molar-refractivity contribution is 0.0961. The average Bonchev–Trinajstić information content (AvgIpc) is 3.51. The molecular weight excluding hydrogens is 408 g/mol. The van der Waals surface area contributed by atoms with Gasteiger partial charge in [0.2, 0.25) is 0 Å². The standard InChI is InChI=1S/C24H24N4O2S/c1-15-19(23(25)29)12-22(28(15)13-17-8-5-11-30-17)21-14-31-24(27-21)26-20-10-4-7-16-6-2-3-9-18(16)20/h2-4,6-7,9-10,12,14,17H,5,8,11,13H2,1H3,(H2,25,29)(H,26,27). The van der Waals surface area contributed by atoms with Crippen molar-refractivity contribution in [2.24, 2.45) is 5.73 Å². The Hall–Kier alpha value is -3.16. The highest BCUT2D eigenvalue weighted by atomic mass is 32.1. The molecule has 158 valence electrons. The van der Waals surface area contributed by atoms with Gasteiger partial charge in [-0.2, -0.15) is 0 Å². The fraction of sp³-hybridized carbons (Fsp3) is 0.250. The number of primary amides is 1. The fourth-order valence-electron chi connectivity index (χ4n) is 4.23. The maximum atomic E-state index is 12.0. The summed E-state index contributed by atoms with van der Waals surface area (Å²) < 4.78 is 7.95. The topological polar surface area (TPSA) is 82.2 Å². The summed E-state index contributed by atoms with van der Waals surface area (Å²) in [6, 6.07) is 16.3. The molecule has 1 amide bonds. The molecule has 1 fully saturated rings. The predicted octanol–water partition coefficient (Wildman–Crippen LogP) is 5.09. The zero-order valence-corrected chi connectivity index (χ0v) is 18.1. The van der Waals surface area contributed by atoms with Crippen LogP contribution in [-0.4, -0.2) is 28.2 Å². The number of benzene rings is 2. The lowest BCUT2D eigenvalue weighted by Crippen LogP contribution is -2.18. The molecule has 1 aliphatic heterocycles. The van der Waals surface area contributed by atoms with E-state index >= 15 is 0 Å². The SMILES string of the molecule is Cc1c(C(N)=O)cc(-c2csc(Nc3cccc4ccccc34)n2)n1CC1CCCO1. The van der Waals surface area contributed by atoms with Gasteiger partial charge in [-0.3, -0.25) is 4.79 Å². The van der Waals surface area contributed by atoms with E-state index in [9.17, 15) is 4.79 Å². The van der Waals surface area contributed by atoms with Crippen molar-refractivity contribution in [1.82, 2.24) is 9.55 Å². The van der Waals surface area contributed by atoms with Crippen LogP contribution in [0.4, 0.5) is 10.8 Å². The predicted molar refractivity (Wildman–Crippen MR) is 125 cm³/mol. The van der Waals surface area contributed by atoms with Crippen LogP contribution in [-0.2, 0) is 11.3 Å². The summed E-state index contributed by atoms with van der Waals surface area (Å²) >= 11 is 1.54. The summed E-state index contributed by atoms with van der Waals surface area (Å²) in [6.45, 7) is 3.41. The molecule has 5 rings (SSSR count). The third-order valence-corrected chi connectivity index (χ3v) is 6.60. The summed E-state index contributed by atoms with van der Waals surface area (Å²) in [4.78, 5) is 16.8. The highest BCUT2D eigenvalue weighted by molar-refractivity contribution is 7.14. The smallest absolute Gasteiger partial charge is 0.250 e. The van der Waals surface area contributed by atoms with E-state index < -0.39 is 5.91 Å². The summed E-state index contributed by atoms with van der Waals surface area (Å²) in [6.07, 6.45) is 2.24. The van der Waals surface area contributed by atoms with Gasteiger partial charge in [0.1, 0.15) is 0 Å². The zero-order chi connectivity index (χ0) is 21.4. The van der Waals surface area contributed by atoms with E-state index in [0.29, 0.717) is 12.1 Å². The highest BCUT2D eigenvalue weighted by Crippen LogP contribution is 2.33. The van der Waals surface area contributed by atoms with Gasteiger partial charge in [-0.05, 0) is 37.3 Å². The van der Waals surface area contributed by atoms with Crippen LogP contribution < -0.4 is 11.1 Å². The summed E-state index contributed by atoms with van der Waals surface area (Å²) in [5.74, 6) is -0.422. The molecule has 1 aliphatic rings. The number of thiazole rings is 1. The number of carbonyl (C=O) groups is 1.